The van der Waals surface area contributed by atoms with Crippen LogP contribution in [0.3, 0.4) is 0 Å². The summed E-state index contributed by atoms with van der Waals surface area (Å²) in [5.41, 5.74) is 4.03. The standard InChI is InChI=1S/C20H17F2N3O3/c1-27-17-9-8-14(12-18(17)28-20(21)22)13-23-24-19(26)15-6-2-3-7-16(15)25-10-4-5-11-25/h2-13,20H,1H3,(H,24,26)/b23-13-. The van der Waals surface area contributed by atoms with Crippen molar-refractivity contribution in [1.29, 1.82) is 0 Å². The zero-order chi connectivity index (χ0) is 19.9. The lowest BCUT2D eigenvalue weighted by Gasteiger charge is -2.10. The van der Waals surface area contributed by atoms with Crippen molar-refractivity contribution in [3.8, 4) is 17.2 Å². The number of rotatable bonds is 7. The number of ether oxygens (including phenoxy) is 2. The Bertz CT molecular complexity index is 973. The second kappa shape index (κ2) is 8.81. The van der Waals surface area contributed by atoms with Crippen LogP contribution < -0.4 is 14.9 Å². The second-order valence-corrected chi connectivity index (χ2v) is 5.60. The molecule has 28 heavy (non-hydrogen) atoms. The lowest BCUT2D eigenvalue weighted by Crippen LogP contribution is -2.19. The number of alkyl halides is 2. The second-order valence-electron chi connectivity index (χ2n) is 5.60. The fourth-order valence-corrected chi connectivity index (χ4v) is 2.57. The number of hydrogen-bond acceptors (Lipinski definition) is 4. The maximum atomic E-state index is 12.5. The molecule has 8 heteroatoms. The average Bonchev–Trinajstić information content (AvgIpc) is 3.22. The molecule has 2 aromatic carbocycles. The minimum atomic E-state index is -2.98. The third-order valence-electron chi connectivity index (χ3n) is 3.81. The normalized spacial score (nSPS) is 11.0. The van der Waals surface area contributed by atoms with Crippen LogP contribution in [0.2, 0.25) is 0 Å². The van der Waals surface area contributed by atoms with Crippen molar-refractivity contribution in [3.63, 3.8) is 0 Å². The van der Waals surface area contributed by atoms with E-state index in [4.69, 9.17) is 4.74 Å². The summed E-state index contributed by atoms with van der Waals surface area (Å²) in [5.74, 6) is -0.356. The van der Waals surface area contributed by atoms with Gasteiger partial charge in [-0.3, -0.25) is 4.79 Å². The number of nitrogens with zero attached hydrogens (tertiary/aromatic N) is 2. The average molecular weight is 385 g/mol. The lowest BCUT2D eigenvalue weighted by molar-refractivity contribution is -0.0512. The topological polar surface area (TPSA) is 64.8 Å². The molecule has 0 spiro atoms. The SMILES string of the molecule is COc1ccc(/C=N\NC(=O)c2ccccc2-n2cccc2)cc1OC(F)F. The zero-order valence-corrected chi connectivity index (χ0v) is 14.9. The number of hydrazone groups is 1. The Morgan fingerprint density at radius 2 is 1.86 bits per heavy atom. The number of carbonyl (C=O) groups excluding carboxylic acids is 1. The Kier molecular flexibility index (Phi) is 6.01. The summed E-state index contributed by atoms with van der Waals surface area (Å²) >= 11 is 0. The Morgan fingerprint density at radius 1 is 1.11 bits per heavy atom. The molecule has 0 unspecified atom stereocenters. The van der Waals surface area contributed by atoms with Crippen LogP contribution in [0.25, 0.3) is 5.69 Å². The first kappa shape index (κ1) is 19.1. The van der Waals surface area contributed by atoms with Gasteiger partial charge in [0.1, 0.15) is 0 Å². The first-order valence-electron chi connectivity index (χ1n) is 8.27. The Balaban J connectivity index is 1.74. The van der Waals surface area contributed by atoms with Crippen LogP contribution in [-0.4, -0.2) is 30.4 Å². The van der Waals surface area contributed by atoms with Crippen LogP contribution in [0.5, 0.6) is 11.5 Å². The molecule has 0 atom stereocenters. The van der Waals surface area contributed by atoms with Gasteiger partial charge >= 0.3 is 6.61 Å². The van der Waals surface area contributed by atoms with Gasteiger partial charge in [0, 0.05) is 12.4 Å². The molecule has 0 fully saturated rings. The summed E-state index contributed by atoms with van der Waals surface area (Å²) in [4.78, 5) is 12.5. The number of amides is 1. The maximum Gasteiger partial charge on any atom is 0.387 e. The molecule has 6 nitrogen and oxygen atoms in total. The fourth-order valence-electron chi connectivity index (χ4n) is 2.57. The van der Waals surface area contributed by atoms with Gasteiger partial charge in [-0.1, -0.05) is 12.1 Å². The molecule has 1 heterocycles. The maximum absolute atomic E-state index is 12.5. The minimum Gasteiger partial charge on any atom is -0.493 e. The number of hydrogen-bond donors (Lipinski definition) is 1. The first-order chi connectivity index (χ1) is 13.6. The molecule has 1 N–H and O–H groups in total. The third-order valence-corrected chi connectivity index (χ3v) is 3.81. The Labute approximate surface area is 160 Å². The first-order valence-corrected chi connectivity index (χ1v) is 8.27. The van der Waals surface area contributed by atoms with Crippen molar-refractivity contribution in [2.75, 3.05) is 7.11 Å². The van der Waals surface area contributed by atoms with Gasteiger partial charge in [-0.2, -0.15) is 13.9 Å². The van der Waals surface area contributed by atoms with E-state index in [1.54, 1.807) is 18.2 Å². The van der Waals surface area contributed by atoms with Crippen molar-refractivity contribution in [2.45, 2.75) is 6.61 Å². The summed E-state index contributed by atoms with van der Waals surface area (Å²) in [7, 11) is 1.35. The number of nitrogens with one attached hydrogen (secondary N) is 1. The van der Waals surface area contributed by atoms with Crippen molar-refractivity contribution in [1.82, 2.24) is 9.99 Å². The molecule has 1 aromatic heterocycles. The highest BCUT2D eigenvalue weighted by Gasteiger charge is 2.12. The molecule has 0 radical (unpaired) electrons. The summed E-state index contributed by atoms with van der Waals surface area (Å²) in [6.07, 6.45) is 4.99. The van der Waals surface area contributed by atoms with Crippen molar-refractivity contribution in [3.05, 3.63) is 78.1 Å². The Hall–Kier alpha value is -3.68. The molecule has 1 amide bonds. The number of para-hydroxylation sites is 1. The van der Waals surface area contributed by atoms with Gasteiger partial charge in [-0.05, 0) is 48.0 Å². The lowest BCUT2D eigenvalue weighted by atomic mass is 10.1. The number of benzene rings is 2. The van der Waals surface area contributed by atoms with E-state index in [1.807, 2.05) is 41.2 Å². The highest BCUT2D eigenvalue weighted by Crippen LogP contribution is 2.29. The molecule has 3 rings (SSSR count). The summed E-state index contributed by atoms with van der Waals surface area (Å²) in [5, 5.41) is 3.90. The molecular weight excluding hydrogens is 368 g/mol. The molecule has 0 saturated carbocycles. The van der Waals surface area contributed by atoms with Crippen molar-refractivity contribution < 1.29 is 23.0 Å². The molecule has 0 saturated heterocycles. The Morgan fingerprint density at radius 3 is 2.57 bits per heavy atom. The van der Waals surface area contributed by atoms with Crippen LogP contribution >= 0.6 is 0 Å². The van der Waals surface area contributed by atoms with Crippen LogP contribution in [0.1, 0.15) is 15.9 Å². The molecule has 0 aliphatic carbocycles. The van der Waals surface area contributed by atoms with Crippen molar-refractivity contribution >= 4 is 12.1 Å². The van der Waals surface area contributed by atoms with Gasteiger partial charge in [0.25, 0.3) is 5.91 Å². The van der Waals surface area contributed by atoms with E-state index in [-0.39, 0.29) is 11.5 Å². The zero-order valence-electron chi connectivity index (χ0n) is 14.9. The summed E-state index contributed by atoms with van der Waals surface area (Å²) < 4.78 is 36.2. The van der Waals surface area contributed by atoms with E-state index in [2.05, 4.69) is 15.3 Å². The van der Waals surface area contributed by atoms with E-state index < -0.39 is 12.5 Å². The summed E-state index contributed by atoms with van der Waals surface area (Å²) in [6, 6.07) is 15.2. The highest BCUT2D eigenvalue weighted by atomic mass is 19.3. The van der Waals surface area contributed by atoms with Crippen LogP contribution in [-0.2, 0) is 0 Å². The van der Waals surface area contributed by atoms with Gasteiger partial charge in [0.2, 0.25) is 0 Å². The number of halogens is 2. The van der Waals surface area contributed by atoms with Crippen LogP contribution in [0, 0.1) is 0 Å². The molecular formula is C20H17F2N3O3. The van der Waals surface area contributed by atoms with Gasteiger partial charge < -0.3 is 14.0 Å². The van der Waals surface area contributed by atoms with Gasteiger partial charge in [-0.15, -0.1) is 0 Å². The van der Waals surface area contributed by atoms with Crippen LogP contribution in [0.15, 0.2) is 72.1 Å². The largest absolute Gasteiger partial charge is 0.493 e. The van der Waals surface area contributed by atoms with E-state index in [0.29, 0.717) is 16.8 Å². The van der Waals surface area contributed by atoms with E-state index in [0.717, 1.165) is 0 Å². The summed E-state index contributed by atoms with van der Waals surface area (Å²) in [6.45, 7) is -2.98. The molecule has 0 aliphatic rings. The van der Waals surface area contributed by atoms with Crippen LogP contribution in [0.4, 0.5) is 8.78 Å². The molecule has 0 bridgehead atoms. The van der Waals surface area contributed by atoms with Gasteiger partial charge in [0.15, 0.2) is 11.5 Å². The van der Waals surface area contributed by atoms with Crippen molar-refractivity contribution in [2.24, 2.45) is 5.10 Å². The smallest absolute Gasteiger partial charge is 0.387 e. The van der Waals surface area contributed by atoms with E-state index in [1.165, 1.54) is 25.5 Å². The van der Waals surface area contributed by atoms with Gasteiger partial charge in [-0.25, -0.2) is 5.43 Å². The highest BCUT2D eigenvalue weighted by molar-refractivity contribution is 5.98. The molecule has 0 aliphatic heterocycles. The fraction of sp³-hybridized carbons (Fsp3) is 0.100. The predicted octanol–water partition coefficient (Wildman–Crippen LogP) is 3.85. The minimum absolute atomic E-state index is 0.120. The predicted molar refractivity (Wildman–Crippen MR) is 100 cm³/mol. The molecule has 144 valence electrons. The van der Waals surface area contributed by atoms with E-state index in [9.17, 15) is 13.6 Å². The number of carbonyl (C=O) groups is 1. The third kappa shape index (κ3) is 4.53. The number of methoxy groups -OCH3 is 1. The number of aromatic nitrogens is 1. The van der Waals surface area contributed by atoms with Gasteiger partial charge in [0.05, 0.1) is 24.6 Å². The quantitative estimate of drug-likeness (QED) is 0.496. The monoisotopic (exact) mass is 385 g/mol. The van der Waals surface area contributed by atoms with E-state index >= 15 is 0 Å². The molecule has 3 aromatic rings.